The number of oxazole rings is 1. The van der Waals surface area contributed by atoms with Gasteiger partial charge in [-0.1, -0.05) is 12.1 Å². The standard InChI is InChI=1S/C29H29F4N5O3/c1-4-40-25-20(22-15-37(3)36-26(22)29(31,32)33)12-17(14-38-9-10-41-28(38)34)13-21(25)27(39)35-24(18-5-6-18)19-7-8-23(30)16(2)11-19/h7-13,15,18,24,34H,4-6,14H2,1-3H3,(H,35,39)/t24-/m0/s1. The summed E-state index contributed by atoms with van der Waals surface area (Å²) in [5.74, 6) is -0.769. The van der Waals surface area contributed by atoms with Gasteiger partial charge in [-0.05, 0) is 67.5 Å². The van der Waals surface area contributed by atoms with Crippen LogP contribution in [0.1, 0.15) is 58.5 Å². The molecule has 1 aliphatic carbocycles. The first-order chi connectivity index (χ1) is 19.5. The minimum Gasteiger partial charge on any atom is -0.492 e. The molecule has 0 unspecified atom stereocenters. The fourth-order valence-electron chi connectivity index (χ4n) is 4.95. The minimum atomic E-state index is -4.76. The van der Waals surface area contributed by atoms with Gasteiger partial charge in [0.25, 0.3) is 11.6 Å². The van der Waals surface area contributed by atoms with Gasteiger partial charge in [0.15, 0.2) is 5.69 Å². The quantitative estimate of drug-likeness (QED) is 0.250. The second-order valence-electron chi connectivity index (χ2n) is 10.1. The normalized spacial score (nSPS) is 14.2. The van der Waals surface area contributed by atoms with Gasteiger partial charge in [0.05, 0.1) is 24.8 Å². The van der Waals surface area contributed by atoms with Crippen molar-refractivity contribution in [2.24, 2.45) is 13.0 Å². The number of hydrogen-bond donors (Lipinski definition) is 2. The SMILES string of the molecule is CCOc1c(C(=O)N[C@H](c2ccc(F)c(C)c2)C2CC2)cc(Cn2ccoc2=N)cc1-c1cn(C)nc1C(F)(F)F. The van der Waals surface area contributed by atoms with Crippen LogP contribution in [-0.4, -0.2) is 26.9 Å². The van der Waals surface area contributed by atoms with Crippen LogP contribution in [0.4, 0.5) is 17.6 Å². The van der Waals surface area contributed by atoms with Crippen LogP contribution in [0.15, 0.2) is 53.4 Å². The predicted octanol–water partition coefficient (Wildman–Crippen LogP) is 5.76. The van der Waals surface area contributed by atoms with Gasteiger partial charge in [0, 0.05) is 30.6 Å². The molecule has 2 aromatic heterocycles. The Morgan fingerprint density at radius 3 is 2.61 bits per heavy atom. The molecule has 0 aliphatic heterocycles. The zero-order chi connectivity index (χ0) is 29.5. The molecule has 2 heterocycles. The monoisotopic (exact) mass is 571 g/mol. The summed E-state index contributed by atoms with van der Waals surface area (Å²) in [6.45, 7) is 3.47. The maximum atomic E-state index is 14.0. The number of rotatable bonds is 9. The molecule has 0 bridgehead atoms. The Morgan fingerprint density at radius 2 is 2.00 bits per heavy atom. The van der Waals surface area contributed by atoms with Crippen LogP contribution in [0.2, 0.25) is 0 Å². The Hall–Kier alpha value is -4.35. The first kappa shape index (κ1) is 28.2. The van der Waals surface area contributed by atoms with E-state index in [9.17, 15) is 22.4 Å². The first-order valence-corrected chi connectivity index (χ1v) is 13.1. The second kappa shape index (κ2) is 10.9. The molecule has 1 saturated carbocycles. The van der Waals surface area contributed by atoms with Crippen molar-refractivity contribution in [3.8, 4) is 16.9 Å². The topological polar surface area (TPSA) is 98.1 Å². The van der Waals surface area contributed by atoms with Crippen LogP contribution in [0, 0.1) is 24.1 Å². The van der Waals surface area contributed by atoms with E-state index in [0.29, 0.717) is 11.1 Å². The molecule has 8 nitrogen and oxygen atoms in total. The molecular formula is C29H29F4N5O3. The smallest absolute Gasteiger partial charge is 0.435 e. The Labute approximate surface area is 233 Å². The van der Waals surface area contributed by atoms with Crippen molar-refractivity contribution in [2.75, 3.05) is 6.61 Å². The predicted molar refractivity (Wildman–Crippen MR) is 141 cm³/mol. The van der Waals surface area contributed by atoms with Crippen molar-refractivity contribution in [1.29, 1.82) is 5.41 Å². The highest BCUT2D eigenvalue weighted by Gasteiger charge is 2.39. The molecule has 0 saturated heterocycles. The molecule has 2 N–H and O–H groups in total. The lowest BCUT2D eigenvalue weighted by Crippen LogP contribution is -2.30. The highest BCUT2D eigenvalue weighted by Crippen LogP contribution is 2.44. The molecule has 2 aromatic carbocycles. The highest BCUT2D eigenvalue weighted by molar-refractivity contribution is 6.00. The average Bonchev–Trinajstić information content (AvgIpc) is 3.56. The van der Waals surface area contributed by atoms with Crippen molar-refractivity contribution >= 4 is 5.91 Å². The van der Waals surface area contributed by atoms with Crippen molar-refractivity contribution in [1.82, 2.24) is 19.7 Å². The Morgan fingerprint density at radius 1 is 1.24 bits per heavy atom. The summed E-state index contributed by atoms with van der Waals surface area (Å²) < 4.78 is 69.5. The average molecular weight is 572 g/mol. The van der Waals surface area contributed by atoms with Gasteiger partial charge in [-0.2, -0.15) is 18.3 Å². The Bertz CT molecular complexity index is 1650. The third-order valence-electron chi connectivity index (χ3n) is 7.02. The van der Waals surface area contributed by atoms with Gasteiger partial charge < -0.3 is 14.5 Å². The minimum absolute atomic E-state index is 0.0135. The maximum Gasteiger partial charge on any atom is 0.435 e. The number of carbonyl (C=O) groups is 1. The molecule has 1 fully saturated rings. The van der Waals surface area contributed by atoms with Gasteiger partial charge in [-0.15, -0.1) is 0 Å². The van der Waals surface area contributed by atoms with Gasteiger partial charge in [-0.25, -0.2) is 4.39 Å². The van der Waals surface area contributed by atoms with Gasteiger partial charge >= 0.3 is 6.18 Å². The fraction of sp³-hybridized carbons (Fsp3) is 0.345. The summed E-state index contributed by atoms with van der Waals surface area (Å²) in [6, 6.07) is 7.32. The number of aromatic nitrogens is 3. The summed E-state index contributed by atoms with van der Waals surface area (Å²) >= 11 is 0. The van der Waals surface area contributed by atoms with Crippen molar-refractivity contribution in [2.45, 2.75) is 45.5 Å². The van der Waals surface area contributed by atoms with Crippen LogP contribution < -0.4 is 15.7 Å². The van der Waals surface area contributed by atoms with E-state index in [2.05, 4.69) is 10.4 Å². The number of amides is 1. The summed E-state index contributed by atoms with van der Waals surface area (Å²) in [4.78, 5) is 13.9. The number of nitrogens with one attached hydrogen (secondary N) is 2. The zero-order valence-electron chi connectivity index (χ0n) is 22.7. The fourth-order valence-corrected chi connectivity index (χ4v) is 4.95. The lowest BCUT2D eigenvalue weighted by molar-refractivity contribution is -0.140. The maximum absolute atomic E-state index is 14.0. The Balaban J connectivity index is 1.65. The molecule has 4 aromatic rings. The third kappa shape index (κ3) is 5.91. The van der Waals surface area contributed by atoms with Crippen molar-refractivity contribution in [3.05, 3.63) is 88.4 Å². The van der Waals surface area contributed by atoms with E-state index >= 15 is 0 Å². The summed E-state index contributed by atoms with van der Waals surface area (Å²) in [6.07, 6.45) is 1.06. The molecule has 0 spiro atoms. The van der Waals surface area contributed by atoms with E-state index < -0.39 is 23.8 Å². The summed E-state index contributed by atoms with van der Waals surface area (Å²) in [7, 11) is 1.38. The molecular weight excluding hydrogens is 542 g/mol. The summed E-state index contributed by atoms with van der Waals surface area (Å²) in [5.41, 5.74) is 0.211. The first-order valence-electron chi connectivity index (χ1n) is 13.1. The number of benzene rings is 2. The number of aryl methyl sites for hydroxylation is 2. The van der Waals surface area contributed by atoms with Crippen molar-refractivity contribution in [3.63, 3.8) is 0 Å². The van der Waals surface area contributed by atoms with E-state index in [-0.39, 0.29) is 53.0 Å². The van der Waals surface area contributed by atoms with E-state index in [0.717, 1.165) is 23.1 Å². The largest absolute Gasteiger partial charge is 0.492 e. The lowest BCUT2D eigenvalue weighted by Gasteiger charge is -2.22. The van der Waals surface area contributed by atoms with Gasteiger partial charge in [0.1, 0.15) is 17.8 Å². The van der Waals surface area contributed by atoms with E-state index in [1.165, 1.54) is 42.4 Å². The molecule has 1 amide bonds. The number of alkyl halides is 3. The van der Waals surface area contributed by atoms with E-state index in [4.69, 9.17) is 14.6 Å². The second-order valence-corrected chi connectivity index (χ2v) is 10.1. The van der Waals surface area contributed by atoms with E-state index in [1.54, 1.807) is 32.0 Å². The van der Waals surface area contributed by atoms with Crippen LogP contribution in [-0.2, 0) is 19.8 Å². The number of halogens is 4. The van der Waals surface area contributed by atoms with E-state index in [1.807, 2.05) is 0 Å². The molecule has 12 heteroatoms. The molecule has 41 heavy (non-hydrogen) atoms. The third-order valence-corrected chi connectivity index (χ3v) is 7.02. The Kier molecular flexibility index (Phi) is 7.50. The van der Waals surface area contributed by atoms with Crippen molar-refractivity contribution < 1.29 is 31.5 Å². The van der Waals surface area contributed by atoms with Crippen LogP contribution in [0.25, 0.3) is 11.1 Å². The molecule has 1 aliphatic rings. The summed E-state index contributed by atoms with van der Waals surface area (Å²) in [5, 5.41) is 14.6. The molecule has 5 rings (SSSR count). The van der Waals surface area contributed by atoms with Gasteiger partial charge in [0.2, 0.25) is 0 Å². The molecule has 0 radical (unpaired) electrons. The van der Waals surface area contributed by atoms with Crippen LogP contribution in [0.5, 0.6) is 5.75 Å². The van der Waals surface area contributed by atoms with Gasteiger partial charge in [-0.3, -0.25) is 19.5 Å². The number of ether oxygens (including phenoxy) is 1. The highest BCUT2D eigenvalue weighted by atomic mass is 19.4. The zero-order valence-corrected chi connectivity index (χ0v) is 22.7. The number of hydrogen-bond acceptors (Lipinski definition) is 5. The number of carbonyl (C=O) groups excluding carboxylic acids is 1. The lowest BCUT2D eigenvalue weighted by atomic mass is 9.96. The number of nitrogens with zero attached hydrogens (tertiary/aromatic N) is 3. The van der Waals surface area contributed by atoms with Crippen LogP contribution >= 0.6 is 0 Å². The molecule has 216 valence electrons. The molecule has 1 atom stereocenters. The van der Waals surface area contributed by atoms with Crippen LogP contribution in [0.3, 0.4) is 0 Å².